The normalized spacial score (nSPS) is 13.1. The zero-order chi connectivity index (χ0) is 31.8. The third-order valence-corrected chi connectivity index (χ3v) is 7.63. The van der Waals surface area contributed by atoms with E-state index in [0.29, 0.717) is 24.3 Å². The third kappa shape index (κ3) is 6.55. The minimum atomic E-state index is -5.83. The van der Waals surface area contributed by atoms with Gasteiger partial charge in [-0.15, -0.1) is 0 Å². The fourth-order valence-corrected chi connectivity index (χ4v) is 4.88. The van der Waals surface area contributed by atoms with Crippen LogP contribution in [0.3, 0.4) is 0 Å². The van der Waals surface area contributed by atoms with Gasteiger partial charge in [-0.05, 0) is 72.8 Å². The smallest absolute Gasteiger partial charge is 0.457 e. The Labute approximate surface area is 237 Å². The number of rotatable bonds is 8. The highest BCUT2D eigenvalue weighted by atomic mass is 32.2. The summed E-state index contributed by atoms with van der Waals surface area (Å²) in [5.41, 5.74) is -2.70. The van der Waals surface area contributed by atoms with Gasteiger partial charge in [0.2, 0.25) is 9.84 Å². The molecule has 0 fully saturated rings. The van der Waals surface area contributed by atoms with E-state index in [9.17, 15) is 52.3 Å². The summed E-state index contributed by atoms with van der Waals surface area (Å²) in [7, 11) is -4.16. The number of benzene rings is 4. The molecule has 0 saturated carbocycles. The van der Waals surface area contributed by atoms with Crippen LogP contribution in [0.2, 0.25) is 0 Å². The number of alkyl halides is 10. The van der Waals surface area contributed by atoms with E-state index < -0.39 is 45.2 Å². The molecule has 228 valence electrons. The topological polar surface area (TPSA) is 52.6 Å². The molecule has 0 aromatic heterocycles. The van der Waals surface area contributed by atoms with Crippen molar-refractivity contribution in [3.8, 4) is 23.0 Å². The van der Waals surface area contributed by atoms with E-state index in [2.05, 4.69) is 0 Å². The second-order valence-electron chi connectivity index (χ2n) is 8.85. The summed E-state index contributed by atoms with van der Waals surface area (Å²) in [4.78, 5) is -0.513. The van der Waals surface area contributed by atoms with Gasteiger partial charge >= 0.3 is 24.2 Å². The zero-order valence-corrected chi connectivity index (χ0v) is 21.9. The molecule has 0 unspecified atom stereocenters. The van der Waals surface area contributed by atoms with E-state index in [1.54, 1.807) is 0 Å². The highest BCUT2D eigenvalue weighted by molar-refractivity contribution is 7.91. The molecule has 4 rings (SSSR count). The van der Waals surface area contributed by atoms with Crippen LogP contribution in [-0.4, -0.2) is 20.8 Å². The lowest BCUT2D eigenvalue weighted by molar-refractivity contribution is -0.289. The quantitative estimate of drug-likeness (QED) is 0.181. The largest absolute Gasteiger partial charge is 0.458 e. The summed E-state index contributed by atoms with van der Waals surface area (Å²) in [5.74, 6) is -11.1. The molecule has 0 aliphatic carbocycles. The first-order valence-electron chi connectivity index (χ1n) is 11.7. The van der Waals surface area contributed by atoms with E-state index in [0.717, 1.165) is 72.8 Å². The first-order valence-corrected chi connectivity index (χ1v) is 13.2. The van der Waals surface area contributed by atoms with Crippen LogP contribution in [0.5, 0.6) is 23.0 Å². The lowest BCUT2D eigenvalue weighted by Gasteiger charge is -2.20. The van der Waals surface area contributed by atoms with Gasteiger partial charge in [0, 0.05) is 11.1 Å². The van der Waals surface area contributed by atoms with Gasteiger partial charge in [0.25, 0.3) is 0 Å². The Morgan fingerprint density at radius 2 is 0.767 bits per heavy atom. The molecular formula is C28H16F10O4S. The Hall–Kier alpha value is -4.27. The molecule has 0 amide bonds. The van der Waals surface area contributed by atoms with Gasteiger partial charge in [-0.3, -0.25) is 0 Å². The van der Waals surface area contributed by atoms with Gasteiger partial charge < -0.3 is 9.47 Å². The summed E-state index contributed by atoms with van der Waals surface area (Å²) in [6, 6.07) is 15.2. The summed E-state index contributed by atoms with van der Waals surface area (Å²) in [5, 5.41) is 0. The standard InChI is InChI=1S/C28H16F10O4S/c29-25(30,27(33,34)35)17-3-1-5-21(15-17)41-19-7-11-23(12-8-19)43(39,40)24-13-9-20(10-14-24)42-22-6-2-4-18(16-22)26(31,32)28(36,37)38/h1-16H. The van der Waals surface area contributed by atoms with Gasteiger partial charge in [0.1, 0.15) is 23.0 Å². The SMILES string of the molecule is O=S(=O)(c1ccc(Oc2cccc(C(F)(F)C(F)(F)F)c2)cc1)c1ccc(Oc2cccc(C(F)(F)C(F)(F)F)c2)cc1. The maximum Gasteiger partial charge on any atom is 0.458 e. The average molecular weight is 638 g/mol. The fraction of sp³-hybridized carbons (Fsp3) is 0.143. The highest BCUT2D eigenvalue weighted by Crippen LogP contribution is 2.46. The fourth-order valence-electron chi connectivity index (χ4n) is 3.62. The van der Waals surface area contributed by atoms with E-state index >= 15 is 0 Å². The van der Waals surface area contributed by atoms with E-state index in [-0.39, 0.29) is 32.8 Å². The molecule has 43 heavy (non-hydrogen) atoms. The maximum absolute atomic E-state index is 13.6. The van der Waals surface area contributed by atoms with Crippen LogP contribution >= 0.6 is 0 Å². The molecule has 0 atom stereocenters. The van der Waals surface area contributed by atoms with Crippen LogP contribution in [0.1, 0.15) is 11.1 Å². The Morgan fingerprint density at radius 3 is 1.07 bits per heavy atom. The summed E-state index contributed by atoms with van der Waals surface area (Å²) < 4.78 is 167. The molecule has 4 aromatic carbocycles. The molecule has 15 heteroatoms. The van der Waals surface area contributed by atoms with Gasteiger partial charge in [-0.25, -0.2) is 8.42 Å². The number of ether oxygens (including phenoxy) is 2. The van der Waals surface area contributed by atoms with E-state index in [4.69, 9.17) is 9.47 Å². The second-order valence-corrected chi connectivity index (χ2v) is 10.8. The minimum Gasteiger partial charge on any atom is -0.457 e. The molecule has 0 aliphatic heterocycles. The molecule has 0 radical (unpaired) electrons. The van der Waals surface area contributed by atoms with Crippen molar-refractivity contribution in [1.82, 2.24) is 0 Å². The Balaban J connectivity index is 1.48. The van der Waals surface area contributed by atoms with Gasteiger partial charge in [0.05, 0.1) is 9.79 Å². The molecule has 4 aromatic rings. The zero-order valence-electron chi connectivity index (χ0n) is 21.1. The van der Waals surface area contributed by atoms with Crippen molar-refractivity contribution in [3.05, 3.63) is 108 Å². The number of hydrogen-bond donors (Lipinski definition) is 0. The lowest BCUT2D eigenvalue weighted by Crippen LogP contribution is -2.33. The third-order valence-electron chi connectivity index (χ3n) is 5.84. The van der Waals surface area contributed by atoms with E-state index in [1.807, 2.05) is 0 Å². The molecule has 0 aliphatic rings. The number of sulfone groups is 1. The predicted molar refractivity (Wildman–Crippen MR) is 131 cm³/mol. The first kappa shape index (κ1) is 31.7. The van der Waals surface area contributed by atoms with Gasteiger partial charge in [0.15, 0.2) is 0 Å². The van der Waals surface area contributed by atoms with Gasteiger partial charge in [-0.1, -0.05) is 24.3 Å². The monoisotopic (exact) mass is 638 g/mol. The molecule has 0 saturated heterocycles. The second kappa shape index (κ2) is 11.1. The van der Waals surface area contributed by atoms with Crippen molar-refractivity contribution in [2.75, 3.05) is 0 Å². The Morgan fingerprint density at radius 1 is 0.442 bits per heavy atom. The predicted octanol–water partition coefficient (Wildman–Crippen LogP) is 9.41. The highest BCUT2D eigenvalue weighted by Gasteiger charge is 2.59. The van der Waals surface area contributed by atoms with Crippen molar-refractivity contribution < 1.29 is 61.8 Å². The molecule has 0 N–H and O–H groups in total. The number of halogens is 10. The lowest BCUT2D eigenvalue weighted by atomic mass is 10.1. The van der Waals surface area contributed by atoms with Crippen LogP contribution in [0.15, 0.2) is 107 Å². The molecule has 0 spiro atoms. The van der Waals surface area contributed by atoms with Crippen molar-refractivity contribution in [1.29, 1.82) is 0 Å². The minimum absolute atomic E-state index is 0.0755. The van der Waals surface area contributed by atoms with Crippen LogP contribution in [0, 0.1) is 0 Å². The van der Waals surface area contributed by atoms with Crippen molar-refractivity contribution in [3.63, 3.8) is 0 Å². The first-order chi connectivity index (χ1) is 19.8. The van der Waals surface area contributed by atoms with Crippen molar-refractivity contribution in [2.45, 2.75) is 34.0 Å². The van der Waals surface area contributed by atoms with Gasteiger partial charge in [-0.2, -0.15) is 43.9 Å². The summed E-state index contributed by atoms with van der Waals surface area (Å²) in [6.07, 6.45) is -11.7. The summed E-state index contributed by atoms with van der Waals surface area (Å²) in [6.45, 7) is 0. The molecular weight excluding hydrogens is 622 g/mol. The summed E-state index contributed by atoms with van der Waals surface area (Å²) >= 11 is 0. The molecule has 0 heterocycles. The maximum atomic E-state index is 13.6. The van der Waals surface area contributed by atoms with Crippen molar-refractivity contribution in [2.24, 2.45) is 0 Å². The van der Waals surface area contributed by atoms with E-state index in [1.165, 1.54) is 0 Å². The average Bonchev–Trinajstić information content (AvgIpc) is 2.93. The Kier molecular flexibility index (Phi) is 8.17. The van der Waals surface area contributed by atoms with Crippen LogP contribution in [0.25, 0.3) is 0 Å². The Bertz CT molecular complexity index is 1580. The molecule has 4 nitrogen and oxygen atoms in total. The van der Waals surface area contributed by atoms with Crippen LogP contribution < -0.4 is 9.47 Å². The number of hydrogen-bond acceptors (Lipinski definition) is 4. The van der Waals surface area contributed by atoms with Crippen LogP contribution in [0.4, 0.5) is 43.9 Å². The van der Waals surface area contributed by atoms with Crippen molar-refractivity contribution >= 4 is 9.84 Å². The molecule has 0 bridgehead atoms. The van der Waals surface area contributed by atoms with Crippen LogP contribution in [-0.2, 0) is 21.7 Å².